The summed E-state index contributed by atoms with van der Waals surface area (Å²) in [5.74, 6) is 0.274. The number of anilines is 2. The van der Waals surface area contributed by atoms with Crippen LogP contribution in [0.3, 0.4) is 0 Å². The molecule has 1 unspecified atom stereocenters. The molecule has 0 fully saturated rings. The predicted molar refractivity (Wildman–Crippen MR) is 84.1 cm³/mol. The number of hydrogen-bond donors (Lipinski definition) is 2. The lowest BCUT2D eigenvalue weighted by atomic mass is 10.1. The number of amides is 1. The molecule has 2 rings (SSSR count). The number of rotatable bonds is 6. The second-order valence-electron chi connectivity index (χ2n) is 5.07. The third-order valence-corrected chi connectivity index (χ3v) is 3.25. The maximum Gasteiger partial charge on any atom is 0.230 e. The van der Waals surface area contributed by atoms with Crippen molar-refractivity contribution in [3.05, 3.63) is 47.8 Å². The molecule has 1 atom stereocenters. The number of benzene rings is 1. The maximum atomic E-state index is 13.5. The Morgan fingerprint density at radius 2 is 1.86 bits per heavy atom. The SMILES string of the molecule is CCC(C)Nc1ccc(NC(=O)Cc2ccccc2F)nn1. The molecule has 0 spiro atoms. The number of carbonyl (C=O) groups is 1. The van der Waals surface area contributed by atoms with Gasteiger partial charge in [-0.2, -0.15) is 0 Å². The molecule has 0 saturated heterocycles. The Labute approximate surface area is 129 Å². The highest BCUT2D eigenvalue weighted by molar-refractivity contribution is 5.91. The van der Waals surface area contributed by atoms with Gasteiger partial charge < -0.3 is 10.6 Å². The monoisotopic (exact) mass is 302 g/mol. The van der Waals surface area contributed by atoms with Gasteiger partial charge in [-0.3, -0.25) is 4.79 Å². The van der Waals surface area contributed by atoms with Gasteiger partial charge in [-0.15, -0.1) is 10.2 Å². The average molecular weight is 302 g/mol. The van der Waals surface area contributed by atoms with Gasteiger partial charge >= 0.3 is 0 Å². The minimum Gasteiger partial charge on any atom is -0.366 e. The van der Waals surface area contributed by atoms with Crippen LogP contribution in [0, 0.1) is 5.82 Å². The fourth-order valence-corrected chi connectivity index (χ4v) is 1.83. The Morgan fingerprint density at radius 3 is 2.50 bits per heavy atom. The van der Waals surface area contributed by atoms with Crippen molar-refractivity contribution in [3.63, 3.8) is 0 Å². The zero-order valence-electron chi connectivity index (χ0n) is 12.6. The summed E-state index contributed by atoms with van der Waals surface area (Å²) in [6.45, 7) is 4.12. The van der Waals surface area contributed by atoms with E-state index in [0.29, 0.717) is 23.2 Å². The van der Waals surface area contributed by atoms with E-state index in [1.54, 1.807) is 30.3 Å². The molecule has 22 heavy (non-hydrogen) atoms. The number of hydrogen-bond acceptors (Lipinski definition) is 4. The van der Waals surface area contributed by atoms with Gasteiger partial charge in [-0.05, 0) is 37.1 Å². The average Bonchev–Trinajstić information content (AvgIpc) is 2.51. The van der Waals surface area contributed by atoms with Crippen molar-refractivity contribution >= 4 is 17.5 Å². The largest absolute Gasteiger partial charge is 0.366 e. The molecule has 0 aliphatic rings. The fraction of sp³-hybridized carbons (Fsp3) is 0.312. The van der Waals surface area contributed by atoms with Gasteiger partial charge in [0.15, 0.2) is 5.82 Å². The Hall–Kier alpha value is -2.50. The van der Waals surface area contributed by atoms with Crippen molar-refractivity contribution in [1.82, 2.24) is 10.2 Å². The fourth-order valence-electron chi connectivity index (χ4n) is 1.83. The van der Waals surface area contributed by atoms with Gasteiger partial charge in [-0.1, -0.05) is 25.1 Å². The highest BCUT2D eigenvalue weighted by Gasteiger charge is 2.09. The molecule has 1 aromatic carbocycles. The number of carbonyl (C=O) groups excluding carboxylic acids is 1. The summed E-state index contributed by atoms with van der Waals surface area (Å²) in [4.78, 5) is 11.9. The number of nitrogens with one attached hydrogen (secondary N) is 2. The van der Waals surface area contributed by atoms with Gasteiger partial charge in [0.25, 0.3) is 0 Å². The number of nitrogens with zero attached hydrogens (tertiary/aromatic N) is 2. The molecular formula is C16H19FN4O. The molecule has 0 aliphatic carbocycles. The van der Waals surface area contributed by atoms with Crippen LogP contribution in [0.25, 0.3) is 0 Å². The summed E-state index contributed by atoms with van der Waals surface area (Å²) in [5, 5.41) is 13.7. The van der Waals surface area contributed by atoms with E-state index in [2.05, 4.69) is 27.8 Å². The molecule has 1 heterocycles. The lowest BCUT2D eigenvalue weighted by Crippen LogP contribution is -2.18. The molecule has 0 bridgehead atoms. The van der Waals surface area contributed by atoms with E-state index in [0.717, 1.165) is 6.42 Å². The Morgan fingerprint density at radius 1 is 1.18 bits per heavy atom. The quantitative estimate of drug-likeness (QED) is 0.861. The lowest BCUT2D eigenvalue weighted by Gasteiger charge is -2.11. The van der Waals surface area contributed by atoms with Crippen LogP contribution in [-0.4, -0.2) is 22.1 Å². The van der Waals surface area contributed by atoms with Crippen LogP contribution in [0.15, 0.2) is 36.4 Å². The normalized spacial score (nSPS) is 11.8. The summed E-state index contributed by atoms with van der Waals surface area (Å²) >= 11 is 0. The summed E-state index contributed by atoms with van der Waals surface area (Å²) in [6.07, 6.45) is 0.935. The molecular weight excluding hydrogens is 283 g/mol. The molecule has 1 amide bonds. The Bertz CT molecular complexity index is 630. The summed E-state index contributed by atoms with van der Waals surface area (Å²) in [5.41, 5.74) is 0.350. The minimum absolute atomic E-state index is 0.0405. The van der Waals surface area contributed by atoms with Crippen LogP contribution < -0.4 is 10.6 Å². The molecule has 6 heteroatoms. The van der Waals surface area contributed by atoms with E-state index >= 15 is 0 Å². The molecule has 1 aromatic heterocycles. The topological polar surface area (TPSA) is 66.9 Å². The van der Waals surface area contributed by atoms with Crippen LogP contribution >= 0.6 is 0 Å². The molecule has 2 aromatic rings. The zero-order chi connectivity index (χ0) is 15.9. The molecule has 116 valence electrons. The predicted octanol–water partition coefficient (Wildman–Crippen LogP) is 3.01. The van der Waals surface area contributed by atoms with Crippen molar-refractivity contribution in [2.45, 2.75) is 32.7 Å². The minimum atomic E-state index is -0.392. The van der Waals surface area contributed by atoms with Crippen LogP contribution in [-0.2, 0) is 11.2 Å². The zero-order valence-corrected chi connectivity index (χ0v) is 12.6. The third-order valence-electron chi connectivity index (χ3n) is 3.25. The smallest absolute Gasteiger partial charge is 0.230 e. The summed E-state index contributed by atoms with van der Waals surface area (Å²) < 4.78 is 13.5. The molecule has 0 radical (unpaired) electrons. The first kappa shape index (κ1) is 15.9. The van der Waals surface area contributed by atoms with E-state index in [1.165, 1.54) is 6.07 Å². The standard InChI is InChI=1S/C16H19FN4O/c1-3-11(2)18-14-8-9-15(21-20-14)19-16(22)10-12-6-4-5-7-13(12)17/h4-9,11H,3,10H2,1-2H3,(H,18,20)(H,19,21,22). The molecule has 0 aliphatic heterocycles. The highest BCUT2D eigenvalue weighted by Crippen LogP contribution is 2.11. The maximum absolute atomic E-state index is 13.5. The van der Waals surface area contributed by atoms with Crippen molar-refractivity contribution in [2.75, 3.05) is 10.6 Å². The Kier molecular flexibility index (Phi) is 5.41. The lowest BCUT2D eigenvalue weighted by molar-refractivity contribution is -0.115. The van der Waals surface area contributed by atoms with E-state index < -0.39 is 5.82 Å². The van der Waals surface area contributed by atoms with Crippen molar-refractivity contribution in [2.24, 2.45) is 0 Å². The van der Waals surface area contributed by atoms with Crippen LogP contribution in [0.1, 0.15) is 25.8 Å². The third kappa shape index (κ3) is 4.51. The first-order valence-electron chi connectivity index (χ1n) is 7.22. The number of aromatic nitrogens is 2. The van der Waals surface area contributed by atoms with Crippen LogP contribution in [0.2, 0.25) is 0 Å². The molecule has 5 nitrogen and oxygen atoms in total. The van der Waals surface area contributed by atoms with E-state index in [9.17, 15) is 9.18 Å². The second kappa shape index (κ2) is 7.49. The molecule has 0 saturated carbocycles. The van der Waals surface area contributed by atoms with Gasteiger partial charge in [0.05, 0.1) is 6.42 Å². The van der Waals surface area contributed by atoms with Gasteiger partial charge in [0.1, 0.15) is 11.6 Å². The first-order chi connectivity index (χ1) is 10.6. The number of halogens is 1. The van der Waals surface area contributed by atoms with Gasteiger partial charge in [-0.25, -0.2) is 4.39 Å². The van der Waals surface area contributed by atoms with Gasteiger partial charge in [0, 0.05) is 6.04 Å². The Balaban J connectivity index is 1.93. The summed E-state index contributed by atoms with van der Waals surface area (Å²) in [6, 6.07) is 9.91. The van der Waals surface area contributed by atoms with E-state index in [-0.39, 0.29) is 12.3 Å². The first-order valence-corrected chi connectivity index (χ1v) is 7.22. The van der Waals surface area contributed by atoms with Crippen molar-refractivity contribution < 1.29 is 9.18 Å². The second-order valence-corrected chi connectivity index (χ2v) is 5.07. The van der Waals surface area contributed by atoms with E-state index in [1.807, 2.05) is 6.92 Å². The van der Waals surface area contributed by atoms with Crippen molar-refractivity contribution in [1.29, 1.82) is 0 Å². The van der Waals surface area contributed by atoms with Gasteiger partial charge in [0.2, 0.25) is 5.91 Å². The molecule has 2 N–H and O–H groups in total. The highest BCUT2D eigenvalue weighted by atomic mass is 19.1. The van der Waals surface area contributed by atoms with Crippen molar-refractivity contribution in [3.8, 4) is 0 Å². The van der Waals surface area contributed by atoms with Crippen LogP contribution in [0.4, 0.5) is 16.0 Å². The summed E-state index contributed by atoms with van der Waals surface area (Å²) in [7, 11) is 0. The van der Waals surface area contributed by atoms with Crippen LogP contribution in [0.5, 0.6) is 0 Å². The van der Waals surface area contributed by atoms with E-state index in [4.69, 9.17) is 0 Å².